The first-order chi connectivity index (χ1) is 7.99. The van der Waals surface area contributed by atoms with E-state index in [4.69, 9.17) is 21.8 Å². The first-order valence-electron chi connectivity index (χ1n) is 4.65. The lowest BCUT2D eigenvalue weighted by Crippen LogP contribution is -2.33. The Morgan fingerprint density at radius 3 is 2.22 bits per heavy atom. The molecule has 0 aromatic rings. The summed E-state index contributed by atoms with van der Waals surface area (Å²) in [6.07, 6.45) is -5.06. The van der Waals surface area contributed by atoms with Crippen LogP contribution in [0.1, 0.15) is 13.3 Å². The quantitative estimate of drug-likeness (QED) is 0.817. The molecule has 4 nitrogen and oxygen atoms in total. The Morgan fingerprint density at radius 1 is 1.39 bits per heavy atom. The standard InChI is InChI=1S/C10H8ClF3O4/c1-9(8(17)18)2-4(7(15)16)6(11)5(3-9)10(12,13)14/h3H,2H2,1H3,(H,15,16)(H,17,18). The van der Waals surface area contributed by atoms with Crippen LogP contribution in [-0.2, 0) is 9.59 Å². The van der Waals surface area contributed by atoms with Crippen LogP contribution in [0.4, 0.5) is 13.2 Å². The Balaban J connectivity index is 3.47. The third-order valence-corrected chi connectivity index (χ3v) is 2.99. The summed E-state index contributed by atoms with van der Waals surface area (Å²) in [4.78, 5) is 21.8. The van der Waals surface area contributed by atoms with E-state index in [0.717, 1.165) is 6.92 Å². The van der Waals surface area contributed by atoms with Crippen molar-refractivity contribution < 1.29 is 33.0 Å². The Labute approximate surface area is 104 Å². The van der Waals surface area contributed by atoms with Crippen LogP contribution in [0.15, 0.2) is 22.3 Å². The largest absolute Gasteiger partial charge is 0.481 e. The number of aliphatic carboxylic acids is 2. The molecular weight excluding hydrogens is 277 g/mol. The molecule has 1 atom stereocenters. The minimum atomic E-state index is -4.91. The van der Waals surface area contributed by atoms with Gasteiger partial charge in [0, 0.05) is 6.42 Å². The molecular formula is C10H8ClF3O4. The molecule has 18 heavy (non-hydrogen) atoms. The van der Waals surface area contributed by atoms with Crippen molar-refractivity contribution >= 4 is 23.5 Å². The number of carboxylic acid groups (broad SMARTS) is 2. The first-order valence-corrected chi connectivity index (χ1v) is 5.02. The minimum absolute atomic E-state index is 0.449. The van der Waals surface area contributed by atoms with Crippen molar-refractivity contribution in [2.24, 2.45) is 5.41 Å². The van der Waals surface area contributed by atoms with Crippen LogP contribution in [0, 0.1) is 5.41 Å². The maximum Gasteiger partial charge on any atom is 0.417 e. The van der Waals surface area contributed by atoms with Crippen LogP contribution >= 0.6 is 11.6 Å². The summed E-state index contributed by atoms with van der Waals surface area (Å²) in [6, 6.07) is 0. The van der Waals surface area contributed by atoms with E-state index in [2.05, 4.69) is 0 Å². The Bertz CT molecular complexity index is 478. The van der Waals surface area contributed by atoms with Crippen molar-refractivity contribution in [1.82, 2.24) is 0 Å². The van der Waals surface area contributed by atoms with Gasteiger partial charge in [0.05, 0.1) is 21.6 Å². The normalized spacial score (nSPS) is 24.8. The van der Waals surface area contributed by atoms with Crippen LogP contribution in [0.3, 0.4) is 0 Å². The smallest absolute Gasteiger partial charge is 0.417 e. The van der Waals surface area contributed by atoms with Crippen molar-refractivity contribution in [3.05, 3.63) is 22.3 Å². The van der Waals surface area contributed by atoms with Crippen molar-refractivity contribution in [3.8, 4) is 0 Å². The highest BCUT2D eigenvalue weighted by Crippen LogP contribution is 2.45. The highest BCUT2D eigenvalue weighted by Gasteiger charge is 2.46. The van der Waals surface area contributed by atoms with Gasteiger partial charge in [-0.25, -0.2) is 4.79 Å². The van der Waals surface area contributed by atoms with Gasteiger partial charge in [-0.05, 0) is 6.92 Å². The van der Waals surface area contributed by atoms with Gasteiger partial charge in [-0.2, -0.15) is 13.2 Å². The molecule has 0 aliphatic heterocycles. The number of carbonyl (C=O) groups is 2. The summed E-state index contributed by atoms with van der Waals surface area (Å²) in [5, 5.41) is 16.7. The van der Waals surface area contributed by atoms with Crippen molar-refractivity contribution in [2.45, 2.75) is 19.5 Å². The predicted molar refractivity (Wildman–Crippen MR) is 55.0 cm³/mol. The molecule has 1 aliphatic rings. The van der Waals surface area contributed by atoms with Gasteiger partial charge in [0.1, 0.15) is 0 Å². The van der Waals surface area contributed by atoms with E-state index in [1.807, 2.05) is 0 Å². The first kappa shape index (κ1) is 14.6. The molecule has 0 saturated heterocycles. The average Bonchev–Trinajstić information content (AvgIpc) is 2.19. The Kier molecular flexibility index (Phi) is 3.49. The van der Waals surface area contributed by atoms with Gasteiger partial charge < -0.3 is 10.2 Å². The molecule has 100 valence electrons. The fourth-order valence-electron chi connectivity index (χ4n) is 1.55. The molecule has 0 amide bonds. The molecule has 1 rings (SSSR count). The molecule has 0 spiro atoms. The van der Waals surface area contributed by atoms with E-state index >= 15 is 0 Å². The summed E-state index contributed by atoms with van der Waals surface area (Å²) in [6.45, 7) is 1.01. The summed E-state index contributed by atoms with van der Waals surface area (Å²) in [5.41, 5.74) is -4.13. The molecule has 0 aromatic heterocycles. The van der Waals surface area contributed by atoms with E-state index in [0.29, 0.717) is 6.08 Å². The molecule has 1 unspecified atom stereocenters. The molecule has 2 N–H and O–H groups in total. The number of hydrogen-bond donors (Lipinski definition) is 2. The molecule has 0 bridgehead atoms. The number of carboxylic acids is 2. The molecule has 8 heteroatoms. The number of rotatable bonds is 2. The zero-order valence-electron chi connectivity index (χ0n) is 9.01. The molecule has 0 aromatic carbocycles. The third kappa shape index (κ3) is 2.50. The van der Waals surface area contributed by atoms with E-state index < -0.39 is 46.1 Å². The van der Waals surface area contributed by atoms with Gasteiger partial charge in [0.25, 0.3) is 0 Å². The molecule has 0 radical (unpaired) electrons. The highest BCUT2D eigenvalue weighted by molar-refractivity contribution is 6.34. The van der Waals surface area contributed by atoms with Gasteiger partial charge in [-0.15, -0.1) is 0 Å². The number of alkyl halides is 3. The van der Waals surface area contributed by atoms with E-state index in [1.165, 1.54) is 0 Å². The van der Waals surface area contributed by atoms with Crippen LogP contribution in [-0.4, -0.2) is 28.3 Å². The van der Waals surface area contributed by atoms with Crippen LogP contribution < -0.4 is 0 Å². The molecule has 0 heterocycles. The second kappa shape index (κ2) is 4.31. The van der Waals surface area contributed by atoms with Gasteiger partial charge in [-0.1, -0.05) is 17.7 Å². The lowest BCUT2D eigenvalue weighted by Gasteiger charge is -2.28. The Hall–Kier alpha value is -1.50. The fraction of sp³-hybridized carbons (Fsp3) is 0.400. The predicted octanol–water partition coefficient (Wildman–Crippen LogP) is 2.55. The van der Waals surface area contributed by atoms with Crippen LogP contribution in [0.2, 0.25) is 0 Å². The van der Waals surface area contributed by atoms with E-state index in [-0.39, 0.29) is 0 Å². The number of halogens is 4. The second-order valence-corrected chi connectivity index (χ2v) is 4.43. The number of allylic oxidation sites excluding steroid dienone is 2. The third-order valence-electron chi connectivity index (χ3n) is 2.56. The van der Waals surface area contributed by atoms with Crippen molar-refractivity contribution in [3.63, 3.8) is 0 Å². The van der Waals surface area contributed by atoms with Crippen LogP contribution in [0.25, 0.3) is 0 Å². The number of hydrogen-bond acceptors (Lipinski definition) is 2. The molecule has 1 aliphatic carbocycles. The summed E-state index contributed by atoms with van der Waals surface area (Å²) in [5.74, 6) is -3.21. The van der Waals surface area contributed by atoms with Gasteiger partial charge in [-0.3, -0.25) is 4.79 Å². The van der Waals surface area contributed by atoms with Crippen molar-refractivity contribution in [1.29, 1.82) is 0 Å². The van der Waals surface area contributed by atoms with Gasteiger partial charge in [0.15, 0.2) is 0 Å². The highest BCUT2D eigenvalue weighted by atomic mass is 35.5. The Morgan fingerprint density at radius 2 is 1.89 bits per heavy atom. The molecule has 0 saturated carbocycles. The minimum Gasteiger partial charge on any atom is -0.481 e. The van der Waals surface area contributed by atoms with E-state index in [1.54, 1.807) is 0 Å². The van der Waals surface area contributed by atoms with Crippen molar-refractivity contribution in [2.75, 3.05) is 0 Å². The van der Waals surface area contributed by atoms with Gasteiger partial charge in [0.2, 0.25) is 0 Å². The maximum atomic E-state index is 12.7. The topological polar surface area (TPSA) is 74.6 Å². The zero-order valence-corrected chi connectivity index (χ0v) is 9.76. The van der Waals surface area contributed by atoms with E-state index in [9.17, 15) is 22.8 Å². The molecule has 0 fully saturated rings. The van der Waals surface area contributed by atoms with Crippen LogP contribution in [0.5, 0.6) is 0 Å². The monoisotopic (exact) mass is 284 g/mol. The average molecular weight is 285 g/mol. The maximum absolute atomic E-state index is 12.7. The fourth-order valence-corrected chi connectivity index (χ4v) is 1.86. The second-order valence-electron chi connectivity index (χ2n) is 4.05. The summed E-state index contributed by atoms with van der Waals surface area (Å²) in [7, 11) is 0. The summed E-state index contributed by atoms with van der Waals surface area (Å²) < 4.78 is 38.0. The lowest BCUT2D eigenvalue weighted by atomic mass is 9.77. The van der Waals surface area contributed by atoms with Gasteiger partial charge >= 0.3 is 18.1 Å². The summed E-state index contributed by atoms with van der Waals surface area (Å²) >= 11 is 5.38. The zero-order chi connectivity index (χ0) is 14.3. The lowest BCUT2D eigenvalue weighted by molar-refractivity contribution is -0.145. The SMILES string of the molecule is CC1(C(=O)O)C=C(C(F)(F)F)C(Cl)=C(C(=O)O)C1.